The van der Waals surface area contributed by atoms with Gasteiger partial charge in [-0.25, -0.2) is 4.98 Å². The Kier molecular flexibility index (Phi) is 3.96. The minimum absolute atomic E-state index is 0.0169. The van der Waals surface area contributed by atoms with Crippen molar-refractivity contribution in [3.63, 3.8) is 0 Å². The van der Waals surface area contributed by atoms with Crippen molar-refractivity contribution in [1.82, 2.24) is 9.97 Å². The maximum Gasteiger partial charge on any atom is 0.461 e. The largest absolute Gasteiger partial charge is 0.461 e. The molecule has 1 aromatic heterocycles. The summed E-state index contributed by atoms with van der Waals surface area (Å²) in [5.41, 5.74) is 1.01. The number of rotatable bonds is 2. The second-order valence-electron chi connectivity index (χ2n) is 5.01. The summed E-state index contributed by atoms with van der Waals surface area (Å²) in [6, 6.07) is 9.10. The summed E-state index contributed by atoms with van der Waals surface area (Å²) in [5, 5.41) is 0.655. The van der Waals surface area contributed by atoms with Crippen LogP contribution in [0.1, 0.15) is 5.82 Å². The summed E-state index contributed by atoms with van der Waals surface area (Å²) in [7, 11) is 0. The Morgan fingerprint density at radius 1 is 0.917 bits per heavy atom. The van der Waals surface area contributed by atoms with Crippen LogP contribution in [-0.2, 0) is 5.92 Å². The van der Waals surface area contributed by atoms with E-state index >= 15 is 0 Å². The molecule has 0 atom stereocenters. The van der Waals surface area contributed by atoms with Gasteiger partial charge < -0.3 is 4.98 Å². The van der Waals surface area contributed by atoms with E-state index in [2.05, 4.69) is 4.98 Å². The molecule has 0 aliphatic heterocycles. The predicted molar refractivity (Wildman–Crippen MR) is 81.5 cm³/mol. The van der Waals surface area contributed by atoms with Crippen LogP contribution in [0, 0.1) is 0 Å². The molecule has 24 heavy (non-hydrogen) atoms. The third-order valence-electron chi connectivity index (χ3n) is 3.38. The standard InChI is InChI=1S/C15H7Cl2F5N2/c16-8-3-1-7(2-4-8)9-5-11-12(6-10(9)17)24-13(23-11)14(18,19)15(20,21)22/h1-6H,(H,23,24). The smallest absolute Gasteiger partial charge is 0.337 e. The zero-order chi connectivity index (χ0) is 17.7. The molecule has 0 unspecified atom stereocenters. The first-order valence-electron chi connectivity index (χ1n) is 6.50. The fraction of sp³-hybridized carbons (Fsp3) is 0.133. The van der Waals surface area contributed by atoms with E-state index in [1.165, 1.54) is 12.1 Å². The van der Waals surface area contributed by atoms with E-state index < -0.39 is 17.9 Å². The quantitative estimate of drug-likeness (QED) is 0.527. The second-order valence-corrected chi connectivity index (χ2v) is 5.86. The number of halogens is 7. The average molecular weight is 381 g/mol. The lowest BCUT2D eigenvalue weighted by atomic mass is 10.1. The molecule has 2 aromatic carbocycles. The number of nitrogens with zero attached hydrogens (tertiary/aromatic N) is 1. The van der Waals surface area contributed by atoms with Crippen LogP contribution in [0.25, 0.3) is 22.2 Å². The summed E-state index contributed by atoms with van der Waals surface area (Å²) in [6.45, 7) is 0. The van der Waals surface area contributed by atoms with Crippen molar-refractivity contribution in [2.45, 2.75) is 12.1 Å². The molecular weight excluding hydrogens is 374 g/mol. The van der Waals surface area contributed by atoms with Gasteiger partial charge in [0.05, 0.1) is 16.1 Å². The van der Waals surface area contributed by atoms with Gasteiger partial charge in [-0.3, -0.25) is 0 Å². The molecule has 2 nitrogen and oxygen atoms in total. The normalized spacial score (nSPS) is 12.8. The zero-order valence-corrected chi connectivity index (χ0v) is 13.1. The van der Waals surface area contributed by atoms with Crippen LogP contribution in [0.15, 0.2) is 36.4 Å². The van der Waals surface area contributed by atoms with Crippen LogP contribution in [0.2, 0.25) is 10.0 Å². The summed E-state index contributed by atoms with van der Waals surface area (Å²) >= 11 is 11.9. The Hall–Kier alpha value is -1.86. The molecule has 0 saturated carbocycles. The summed E-state index contributed by atoms with van der Waals surface area (Å²) in [5.74, 6) is -6.56. The highest BCUT2D eigenvalue weighted by molar-refractivity contribution is 6.34. The predicted octanol–water partition coefficient (Wildman–Crippen LogP) is 6.19. The van der Waals surface area contributed by atoms with Crippen LogP contribution in [0.3, 0.4) is 0 Å². The molecule has 9 heteroatoms. The Bertz CT molecular complexity index is 901. The van der Waals surface area contributed by atoms with Crippen molar-refractivity contribution in [3.05, 3.63) is 52.3 Å². The van der Waals surface area contributed by atoms with E-state index in [1.807, 2.05) is 4.98 Å². The number of H-pyrrole nitrogens is 1. The maximum atomic E-state index is 13.4. The molecule has 0 fully saturated rings. The van der Waals surface area contributed by atoms with Gasteiger partial charge in [0.15, 0.2) is 5.82 Å². The molecule has 126 valence electrons. The van der Waals surface area contributed by atoms with Gasteiger partial charge in [-0.15, -0.1) is 0 Å². The van der Waals surface area contributed by atoms with Gasteiger partial charge >= 0.3 is 12.1 Å². The van der Waals surface area contributed by atoms with Crippen LogP contribution in [-0.4, -0.2) is 16.1 Å². The molecule has 0 aliphatic carbocycles. The molecule has 0 aliphatic rings. The first-order chi connectivity index (χ1) is 11.1. The minimum atomic E-state index is -5.75. The lowest BCUT2D eigenvalue weighted by Gasteiger charge is -2.16. The maximum absolute atomic E-state index is 13.4. The first-order valence-corrected chi connectivity index (χ1v) is 7.25. The van der Waals surface area contributed by atoms with Gasteiger partial charge in [0.25, 0.3) is 0 Å². The van der Waals surface area contributed by atoms with Crippen molar-refractivity contribution in [2.24, 2.45) is 0 Å². The highest BCUT2D eigenvalue weighted by Crippen LogP contribution is 2.43. The van der Waals surface area contributed by atoms with E-state index in [0.29, 0.717) is 16.1 Å². The van der Waals surface area contributed by atoms with Crippen molar-refractivity contribution < 1.29 is 22.0 Å². The van der Waals surface area contributed by atoms with Crippen LogP contribution >= 0.6 is 23.2 Å². The molecular formula is C15H7Cl2F5N2. The van der Waals surface area contributed by atoms with Crippen LogP contribution in [0.5, 0.6) is 0 Å². The lowest BCUT2D eigenvalue weighted by Crippen LogP contribution is -2.34. The van der Waals surface area contributed by atoms with E-state index in [-0.39, 0.29) is 16.1 Å². The third kappa shape index (κ3) is 2.82. The first kappa shape index (κ1) is 17.0. The Morgan fingerprint density at radius 2 is 1.54 bits per heavy atom. The average Bonchev–Trinajstić information content (AvgIpc) is 2.89. The second kappa shape index (κ2) is 5.60. The van der Waals surface area contributed by atoms with Gasteiger partial charge in [0, 0.05) is 10.6 Å². The topological polar surface area (TPSA) is 28.7 Å². The lowest BCUT2D eigenvalue weighted by molar-refractivity contribution is -0.292. The van der Waals surface area contributed by atoms with Crippen LogP contribution < -0.4 is 0 Å². The number of nitrogens with one attached hydrogen (secondary N) is 1. The van der Waals surface area contributed by atoms with E-state index in [9.17, 15) is 22.0 Å². The fourth-order valence-corrected chi connectivity index (χ4v) is 2.56. The summed E-state index contributed by atoms with van der Waals surface area (Å²) < 4.78 is 64.2. The van der Waals surface area contributed by atoms with Gasteiger partial charge in [0.2, 0.25) is 0 Å². The molecule has 0 spiro atoms. The van der Waals surface area contributed by atoms with Crippen molar-refractivity contribution in [1.29, 1.82) is 0 Å². The summed E-state index contributed by atoms with van der Waals surface area (Å²) in [4.78, 5) is 5.35. The molecule has 3 aromatic rings. The molecule has 1 heterocycles. The molecule has 0 amide bonds. The van der Waals surface area contributed by atoms with Crippen LogP contribution in [0.4, 0.5) is 22.0 Å². The minimum Gasteiger partial charge on any atom is -0.337 e. The Morgan fingerprint density at radius 3 is 2.12 bits per heavy atom. The highest BCUT2D eigenvalue weighted by Gasteiger charge is 2.61. The number of imidazole rings is 1. The number of alkyl halides is 5. The van der Waals surface area contributed by atoms with Crippen molar-refractivity contribution in [2.75, 3.05) is 0 Å². The van der Waals surface area contributed by atoms with Crippen molar-refractivity contribution in [3.8, 4) is 11.1 Å². The molecule has 0 radical (unpaired) electrons. The zero-order valence-electron chi connectivity index (χ0n) is 11.6. The molecule has 1 N–H and O–H groups in total. The molecule has 0 bridgehead atoms. The monoisotopic (exact) mass is 380 g/mol. The SMILES string of the molecule is FC(F)(F)C(F)(F)c1nc2cc(Cl)c(-c3ccc(Cl)cc3)cc2[nH]1. The fourth-order valence-electron chi connectivity index (χ4n) is 2.16. The van der Waals surface area contributed by atoms with E-state index in [4.69, 9.17) is 23.2 Å². The highest BCUT2D eigenvalue weighted by atomic mass is 35.5. The Balaban J connectivity index is 2.13. The number of aromatic nitrogens is 2. The Labute approximate surface area is 142 Å². The number of hydrogen-bond acceptors (Lipinski definition) is 1. The number of fused-ring (bicyclic) bond motifs is 1. The van der Waals surface area contributed by atoms with Gasteiger partial charge in [-0.2, -0.15) is 22.0 Å². The molecule has 0 saturated heterocycles. The number of benzene rings is 2. The van der Waals surface area contributed by atoms with Gasteiger partial charge in [-0.05, 0) is 29.8 Å². The van der Waals surface area contributed by atoms with E-state index in [1.54, 1.807) is 24.3 Å². The van der Waals surface area contributed by atoms with Gasteiger partial charge in [0.1, 0.15) is 0 Å². The van der Waals surface area contributed by atoms with Crippen molar-refractivity contribution >= 4 is 34.2 Å². The van der Waals surface area contributed by atoms with Gasteiger partial charge in [-0.1, -0.05) is 35.3 Å². The number of aromatic amines is 1. The molecule has 3 rings (SSSR count). The number of hydrogen-bond donors (Lipinski definition) is 1. The van der Waals surface area contributed by atoms with E-state index in [0.717, 1.165) is 0 Å². The summed E-state index contributed by atoms with van der Waals surface area (Å²) in [6.07, 6.45) is -5.75. The third-order valence-corrected chi connectivity index (χ3v) is 3.94.